The average molecular weight is 361 g/mol. The fourth-order valence-corrected chi connectivity index (χ4v) is 2.79. The summed E-state index contributed by atoms with van der Waals surface area (Å²) < 4.78 is 5.79. The van der Waals surface area contributed by atoms with Crippen LogP contribution in [0.1, 0.15) is 0 Å². The summed E-state index contributed by atoms with van der Waals surface area (Å²) in [6.45, 7) is 0. The summed E-state index contributed by atoms with van der Waals surface area (Å²) in [6, 6.07) is 12.8. The minimum absolute atomic E-state index is 0.136. The molecule has 0 aliphatic rings. The van der Waals surface area contributed by atoms with Crippen LogP contribution in [0, 0.1) is 0 Å². The number of pyridine rings is 2. The Morgan fingerprint density at radius 1 is 1.11 bits per heavy atom. The van der Waals surface area contributed by atoms with Gasteiger partial charge in [0, 0.05) is 29.8 Å². The largest absolute Gasteiger partial charge is 0.496 e. The molecule has 3 aromatic heterocycles. The van der Waals surface area contributed by atoms with Gasteiger partial charge in [-0.15, -0.1) is 4.73 Å². The van der Waals surface area contributed by atoms with Gasteiger partial charge in [0.15, 0.2) is 5.65 Å². The van der Waals surface area contributed by atoms with Gasteiger partial charge < -0.3 is 15.3 Å². The number of benzene rings is 1. The first kappa shape index (κ1) is 16.5. The van der Waals surface area contributed by atoms with Crippen LogP contribution in [0.2, 0.25) is 0 Å². The number of hydrogen-bond donors (Lipinski definition) is 2. The third kappa shape index (κ3) is 3.04. The van der Waals surface area contributed by atoms with Crippen molar-refractivity contribution >= 4 is 22.5 Å². The third-order valence-corrected chi connectivity index (χ3v) is 4.09. The number of anilines is 2. The first-order valence-corrected chi connectivity index (χ1v) is 8.10. The molecule has 134 valence electrons. The van der Waals surface area contributed by atoms with E-state index in [0.717, 1.165) is 22.6 Å². The van der Waals surface area contributed by atoms with E-state index in [4.69, 9.17) is 4.74 Å². The molecule has 1 aromatic carbocycles. The fraction of sp³-hybridized carbons (Fsp3) is 0.0526. The molecule has 3 heterocycles. The van der Waals surface area contributed by atoms with Gasteiger partial charge in [-0.1, -0.05) is 12.1 Å². The molecule has 0 aliphatic carbocycles. The molecule has 0 fully saturated rings. The quantitative estimate of drug-likeness (QED) is 0.539. The van der Waals surface area contributed by atoms with Gasteiger partial charge in [-0.2, -0.15) is 4.98 Å². The van der Waals surface area contributed by atoms with Crippen LogP contribution in [-0.4, -0.2) is 32.0 Å². The van der Waals surface area contributed by atoms with Crippen molar-refractivity contribution in [1.29, 1.82) is 0 Å². The lowest BCUT2D eigenvalue weighted by Gasteiger charge is -2.11. The van der Waals surface area contributed by atoms with E-state index in [-0.39, 0.29) is 5.65 Å². The topological polar surface area (TPSA) is 102 Å². The Morgan fingerprint density at radius 3 is 2.70 bits per heavy atom. The smallest absolute Gasteiger partial charge is 0.384 e. The maximum Gasteiger partial charge on any atom is 0.384 e. The molecule has 0 bridgehead atoms. The van der Waals surface area contributed by atoms with E-state index >= 15 is 0 Å². The molecule has 0 amide bonds. The second-order valence-corrected chi connectivity index (χ2v) is 5.71. The second-order valence-electron chi connectivity index (χ2n) is 5.71. The molecule has 4 rings (SSSR count). The molecule has 8 nitrogen and oxygen atoms in total. The highest BCUT2D eigenvalue weighted by molar-refractivity contribution is 5.88. The van der Waals surface area contributed by atoms with E-state index < -0.39 is 5.69 Å². The van der Waals surface area contributed by atoms with Gasteiger partial charge >= 0.3 is 5.69 Å². The van der Waals surface area contributed by atoms with Crippen molar-refractivity contribution in [3.05, 3.63) is 71.5 Å². The van der Waals surface area contributed by atoms with Crippen LogP contribution >= 0.6 is 0 Å². The molecule has 0 saturated carbocycles. The summed E-state index contributed by atoms with van der Waals surface area (Å²) in [5.74, 6) is 1.05. The van der Waals surface area contributed by atoms with Gasteiger partial charge in [0.2, 0.25) is 0 Å². The summed E-state index contributed by atoms with van der Waals surface area (Å²) >= 11 is 0. The van der Waals surface area contributed by atoms with Gasteiger partial charge in [0.25, 0.3) is 0 Å². The highest BCUT2D eigenvalue weighted by Gasteiger charge is 2.11. The van der Waals surface area contributed by atoms with Crippen LogP contribution in [0.15, 0.2) is 65.8 Å². The van der Waals surface area contributed by atoms with Crippen molar-refractivity contribution in [3.8, 4) is 16.9 Å². The molecular weight excluding hydrogens is 346 g/mol. The van der Waals surface area contributed by atoms with E-state index in [9.17, 15) is 10.0 Å². The zero-order valence-corrected chi connectivity index (χ0v) is 14.3. The van der Waals surface area contributed by atoms with E-state index in [0.29, 0.717) is 15.9 Å². The Morgan fingerprint density at radius 2 is 1.93 bits per heavy atom. The molecular formula is C19H15N5O3. The minimum Gasteiger partial charge on any atom is -0.496 e. The molecule has 4 aromatic rings. The van der Waals surface area contributed by atoms with E-state index in [1.807, 2.05) is 24.3 Å². The highest BCUT2D eigenvalue weighted by Crippen LogP contribution is 2.30. The summed E-state index contributed by atoms with van der Waals surface area (Å²) in [7, 11) is 1.61. The number of ether oxygens (including phenoxy) is 1. The van der Waals surface area contributed by atoms with Crippen LogP contribution in [0.25, 0.3) is 22.2 Å². The van der Waals surface area contributed by atoms with E-state index in [2.05, 4.69) is 20.3 Å². The van der Waals surface area contributed by atoms with Gasteiger partial charge in [0.1, 0.15) is 11.6 Å². The maximum atomic E-state index is 11.9. The Bertz CT molecular complexity index is 1170. The normalized spacial score (nSPS) is 10.7. The van der Waals surface area contributed by atoms with Crippen molar-refractivity contribution in [2.24, 2.45) is 0 Å². The van der Waals surface area contributed by atoms with Crippen molar-refractivity contribution < 1.29 is 9.94 Å². The Hall–Kier alpha value is -3.94. The molecule has 0 unspecified atom stereocenters. The molecule has 0 aliphatic heterocycles. The van der Waals surface area contributed by atoms with Crippen LogP contribution < -0.4 is 15.7 Å². The SMILES string of the molecule is COc1ccncc1-c1ccc(Nc2nc(=O)n(O)c3ncccc23)cc1. The summed E-state index contributed by atoms with van der Waals surface area (Å²) in [5.41, 5.74) is 1.88. The zero-order valence-electron chi connectivity index (χ0n) is 14.3. The number of hydrogen-bond acceptors (Lipinski definition) is 7. The maximum absolute atomic E-state index is 11.9. The minimum atomic E-state index is -0.805. The highest BCUT2D eigenvalue weighted by atomic mass is 16.5. The average Bonchev–Trinajstić information content (AvgIpc) is 2.72. The predicted molar refractivity (Wildman–Crippen MR) is 100 cm³/mol. The lowest BCUT2D eigenvalue weighted by Crippen LogP contribution is -2.23. The standard InChI is InChI=1S/C19H15N5O3/c1-27-16-8-10-20-11-15(16)12-4-6-13(7-5-12)22-17-14-3-2-9-21-18(14)24(26)19(25)23-17/h2-11,26H,1H3,(H,22,23,25). The lowest BCUT2D eigenvalue weighted by molar-refractivity contribution is 0.182. The molecule has 0 radical (unpaired) electrons. The van der Waals surface area contributed by atoms with E-state index in [1.54, 1.807) is 37.7 Å². The predicted octanol–water partition coefficient (Wildman–Crippen LogP) is 2.84. The van der Waals surface area contributed by atoms with Gasteiger partial charge in [-0.25, -0.2) is 9.78 Å². The monoisotopic (exact) mass is 361 g/mol. The Kier molecular flexibility index (Phi) is 4.13. The van der Waals surface area contributed by atoms with Crippen LogP contribution in [0.3, 0.4) is 0 Å². The van der Waals surface area contributed by atoms with Gasteiger partial charge in [0.05, 0.1) is 12.5 Å². The lowest BCUT2D eigenvalue weighted by atomic mass is 10.1. The number of nitrogens with one attached hydrogen (secondary N) is 1. The number of rotatable bonds is 4. The molecule has 0 saturated heterocycles. The van der Waals surface area contributed by atoms with Crippen molar-refractivity contribution in [2.75, 3.05) is 12.4 Å². The summed E-state index contributed by atoms with van der Waals surface area (Å²) in [5, 5.41) is 13.4. The number of nitrogens with zero attached hydrogens (tertiary/aromatic N) is 4. The van der Waals surface area contributed by atoms with Crippen LogP contribution in [-0.2, 0) is 0 Å². The van der Waals surface area contributed by atoms with Crippen molar-refractivity contribution in [2.45, 2.75) is 0 Å². The molecule has 0 spiro atoms. The summed E-state index contributed by atoms with van der Waals surface area (Å²) in [6.07, 6.45) is 4.91. The number of methoxy groups -OCH3 is 1. The van der Waals surface area contributed by atoms with Gasteiger partial charge in [-0.3, -0.25) is 4.98 Å². The van der Waals surface area contributed by atoms with Crippen LogP contribution in [0.4, 0.5) is 11.5 Å². The first-order chi connectivity index (χ1) is 13.2. The summed E-state index contributed by atoms with van der Waals surface area (Å²) in [4.78, 5) is 23.9. The Balaban J connectivity index is 1.70. The first-order valence-electron chi connectivity index (χ1n) is 8.10. The third-order valence-electron chi connectivity index (χ3n) is 4.09. The van der Waals surface area contributed by atoms with Crippen molar-refractivity contribution in [1.82, 2.24) is 19.7 Å². The van der Waals surface area contributed by atoms with Gasteiger partial charge in [-0.05, 0) is 35.9 Å². The fourth-order valence-electron chi connectivity index (χ4n) is 2.79. The Labute approximate surface area is 153 Å². The number of fused-ring (bicyclic) bond motifs is 1. The zero-order chi connectivity index (χ0) is 18.8. The molecule has 0 atom stereocenters. The molecule has 8 heteroatoms. The molecule has 2 N–H and O–H groups in total. The number of aromatic nitrogens is 4. The molecule has 27 heavy (non-hydrogen) atoms. The van der Waals surface area contributed by atoms with Crippen LogP contribution in [0.5, 0.6) is 5.75 Å². The van der Waals surface area contributed by atoms with Crippen molar-refractivity contribution in [3.63, 3.8) is 0 Å². The van der Waals surface area contributed by atoms with E-state index in [1.165, 1.54) is 6.20 Å². The second kappa shape index (κ2) is 6.75.